The molecule has 0 radical (unpaired) electrons. The predicted octanol–water partition coefficient (Wildman–Crippen LogP) is 2.43. The lowest BCUT2D eigenvalue weighted by atomic mass is 10.0. The topological polar surface area (TPSA) is 62.4 Å². The highest BCUT2D eigenvalue weighted by molar-refractivity contribution is 5.92. The Morgan fingerprint density at radius 2 is 2.18 bits per heavy atom. The molecule has 1 fully saturated rings. The highest BCUT2D eigenvalue weighted by atomic mass is 16.5. The molecule has 1 aliphatic rings. The lowest BCUT2D eigenvalue weighted by Gasteiger charge is -2.39. The van der Waals surface area contributed by atoms with Gasteiger partial charge in [-0.1, -0.05) is 39.7 Å². The number of nitrogens with zero attached hydrogens (tertiary/aromatic N) is 1. The van der Waals surface area contributed by atoms with Crippen molar-refractivity contribution in [1.29, 1.82) is 0 Å². The van der Waals surface area contributed by atoms with Crippen molar-refractivity contribution in [3.63, 3.8) is 0 Å². The second-order valence-corrected chi connectivity index (χ2v) is 6.32. The molecule has 2 atom stereocenters. The molecule has 2 heterocycles. The van der Waals surface area contributed by atoms with Gasteiger partial charge in [0.2, 0.25) is 5.56 Å². The molecular formula is C17H26N2O3. The van der Waals surface area contributed by atoms with Crippen LogP contribution in [0.3, 0.4) is 0 Å². The van der Waals surface area contributed by atoms with Crippen LogP contribution in [-0.2, 0) is 4.74 Å². The molecule has 0 bridgehead atoms. The van der Waals surface area contributed by atoms with Crippen LogP contribution in [-0.4, -0.2) is 41.1 Å². The van der Waals surface area contributed by atoms with Crippen molar-refractivity contribution in [2.24, 2.45) is 5.92 Å². The maximum atomic E-state index is 12.6. The Hall–Kier alpha value is -1.62. The number of morpholine rings is 1. The monoisotopic (exact) mass is 306 g/mol. The molecule has 1 aromatic rings. The van der Waals surface area contributed by atoms with E-state index in [4.69, 9.17) is 4.74 Å². The van der Waals surface area contributed by atoms with Crippen molar-refractivity contribution >= 4 is 5.91 Å². The number of amides is 1. The van der Waals surface area contributed by atoms with Crippen LogP contribution < -0.4 is 5.56 Å². The molecule has 1 amide bonds. The summed E-state index contributed by atoms with van der Waals surface area (Å²) in [5.41, 5.74) is 0.105. The first-order chi connectivity index (χ1) is 10.5. The molecule has 1 aromatic heterocycles. The molecule has 0 unspecified atom stereocenters. The van der Waals surface area contributed by atoms with Gasteiger partial charge in [-0.2, -0.15) is 0 Å². The van der Waals surface area contributed by atoms with Gasteiger partial charge < -0.3 is 14.6 Å². The number of hydrogen-bond acceptors (Lipinski definition) is 3. The number of ether oxygens (including phenoxy) is 1. The standard InChI is InChI=1S/C17H26N2O3/c1-4-5-7-13-10-19(11-15(22-13)12(2)3)17(21)14-8-6-9-16(20)18-14/h6,8-9,12-13,15H,4-5,7,10-11H2,1-3H3,(H,18,20)/t13-,15-/m1/s1. The molecule has 0 spiro atoms. The SMILES string of the molecule is CCCC[C@@H]1CN(C(=O)c2cccc(=O)[nH]2)C[C@H](C(C)C)O1. The van der Waals surface area contributed by atoms with E-state index in [-0.39, 0.29) is 23.7 Å². The Bertz CT molecular complexity index is 553. The average molecular weight is 306 g/mol. The van der Waals surface area contributed by atoms with E-state index in [0.29, 0.717) is 24.7 Å². The van der Waals surface area contributed by atoms with Crippen molar-refractivity contribution in [3.05, 3.63) is 34.2 Å². The molecular weight excluding hydrogens is 280 g/mol. The minimum Gasteiger partial charge on any atom is -0.371 e. The van der Waals surface area contributed by atoms with Gasteiger partial charge in [0, 0.05) is 19.2 Å². The molecule has 0 aromatic carbocycles. The van der Waals surface area contributed by atoms with Crippen molar-refractivity contribution in [1.82, 2.24) is 9.88 Å². The summed E-state index contributed by atoms with van der Waals surface area (Å²) in [7, 11) is 0. The van der Waals surface area contributed by atoms with Gasteiger partial charge in [-0.25, -0.2) is 0 Å². The summed E-state index contributed by atoms with van der Waals surface area (Å²) in [5, 5.41) is 0. The van der Waals surface area contributed by atoms with Crippen LogP contribution >= 0.6 is 0 Å². The molecule has 0 saturated carbocycles. The number of H-pyrrole nitrogens is 1. The number of pyridine rings is 1. The van der Waals surface area contributed by atoms with E-state index in [1.165, 1.54) is 6.07 Å². The molecule has 122 valence electrons. The molecule has 5 nitrogen and oxygen atoms in total. The van der Waals surface area contributed by atoms with Crippen molar-refractivity contribution in [2.45, 2.75) is 52.2 Å². The fourth-order valence-electron chi connectivity index (χ4n) is 2.74. The predicted molar refractivity (Wildman–Crippen MR) is 86.0 cm³/mol. The Morgan fingerprint density at radius 1 is 1.41 bits per heavy atom. The number of nitrogens with one attached hydrogen (secondary N) is 1. The van der Waals surface area contributed by atoms with Crippen LogP contribution in [0.1, 0.15) is 50.5 Å². The van der Waals surface area contributed by atoms with E-state index in [0.717, 1.165) is 19.3 Å². The number of carbonyl (C=O) groups is 1. The summed E-state index contributed by atoms with van der Waals surface area (Å²) in [6.45, 7) is 7.55. The third kappa shape index (κ3) is 4.19. The zero-order valence-electron chi connectivity index (χ0n) is 13.7. The van der Waals surface area contributed by atoms with Gasteiger partial charge in [0.1, 0.15) is 5.69 Å². The smallest absolute Gasteiger partial charge is 0.270 e. The van der Waals surface area contributed by atoms with Crippen molar-refractivity contribution < 1.29 is 9.53 Å². The van der Waals surface area contributed by atoms with Crippen LogP contribution in [0.2, 0.25) is 0 Å². The number of unbranched alkanes of at least 4 members (excludes halogenated alkanes) is 1. The summed E-state index contributed by atoms with van der Waals surface area (Å²) in [6.07, 6.45) is 3.32. The Labute approximate surface area is 131 Å². The van der Waals surface area contributed by atoms with E-state index in [1.807, 2.05) is 4.90 Å². The van der Waals surface area contributed by atoms with Gasteiger partial charge >= 0.3 is 0 Å². The average Bonchev–Trinajstić information content (AvgIpc) is 2.51. The van der Waals surface area contributed by atoms with Gasteiger partial charge in [0.05, 0.1) is 12.2 Å². The zero-order valence-corrected chi connectivity index (χ0v) is 13.7. The van der Waals surface area contributed by atoms with Gasteiger partial charge in [-0.15, -0.1) is 0 Å². The Balaban J connectivity index is 2.13. The highest BCUT2D eigenvalue weighted by Gasteiger charge is 2.32. The number of aromatic nitrogens is 1. The van der Waals surface area contributed by atoms with Crippen molar-refractivity contribution in [2.75, 3.05) is 13.1 Å². The summed E-state index contributed by atoms with van der Waals surface area (Å²) >= 11 is 0. The minimum absolute atomic E-state index is 0.0509. The van der Waals surface area contributed by atoms with Crippen molar-refractivity contribution in [3.8, 4) is 0 Å². The molecule has 1 saturated heterocycles. The maximum absolute atomic E-state index is 12.6. The lowest BCUT2D eigenvalue weighted by Crippen LogP contribution is -2.51. The summed E-state index contributed by atoms with van der Waals surface area (Å²) in [5.74, 6) is 0.239. The Morgan fingerprint density at radius 3 is 2.82 bits per heavy atom. The highest BCUT2D eigenvalue weighted by Crippen LogP contribution is 2.22. The third-order valence-electron chi connectivity index (χ3n) is 4.10. The first-order valence-electron chi connectivity index (χ1n) is 8.15. The largest absolute Gasteiger partial charge is 0.371 e. The first-order valence-corrected chi connectivity index (χ1v) is 8.15. The number of rotatable bonds is 5. The van der Waals surface area contributed by atoms with E-state index < -0.39 is 0 Å². The second kappa shape index (κ2) is 7.58. The van der Waals surface area contributed by atoms with Crippen LogP contribution in [0.25, 0.3) is 0 Å². The second-order valence-electron chi connectivity index (χ2n) is 6.32. The molecule has 5 heteroatoms. The fraction of sp³-hybridized carbons (Fsp3) is 0.647. The van der Waals surface area contributed by atoms with Crippen LogP contribution in [0.4, 0.5) is 0 Å². The number of carbonyl (C=O) groups excluding carboxylic acids is 1. The van der Waals surface area contributed by atoms with E-state index in [2.05, 4.69) is 25.8 Å². The zero-order chi connectivity index (χ0) is 16.1. The maximum Gasteiger partial charge on any atom is 0.270 e. The van der Waals surface area contributed by atoms with E-state index >= 15 is 0 Å². The van der Waals surface area contributed by atoms with Crippen LogP contribution in [0.15, 0.2) is 23.0 Å². The van der Waals surface area contributed by atoms with Gasteiger partial charge in [-0.3, -0.25) is 9.59 Å². The summed E-state index contributed by atoms with van der Waals surface area (Å²) in [4.78, 5) is 28.5. The normalized spacial score (nSPS) is 22.1. The van der Waals surface area contributed by atoms with Crippen LogP contribution in [0.5, 0.6) is 0 Å². The molecule has 0 aliphatic carbocycles. The minimum atomic E-state index is -0.248. The fourth-order valence-corrected chi connectivity index (χ4v) is 2.74. The quantitative estimate of drug-likeness (QED) is 0.909. The molecule has 1 aliphatic heterocycles. The summed E-state index contributed by atoms with van der Waals surface area (Å²) < 4.78 is 6.12. The Kier molecular flexibility index (Phi) is 5.77. The van der Waals surface area contributed by atoms with E-state index in [9.17, 15) is 9.59 Å². The third-order valence-corrected chi connectivity index (χ3v) is 4.10. The van der Waals surface area contributed by atoms with Crippen LogP contribution in [0, 0.1) is 5.92 Å². The number of hydrogen-bond donors (Lipinski definition) is 1. The molecule has 1 N–H and O–H groups in total. The van der Waals surface area contributed by atoms with Gasteiger partial charge in [-0.05, 0) is 18.4 Å². The van der Waals surface area contributed by atoms with Gasteiger partial charge in [0.15, 0.2) is 0 Å². The van der Waals surface area contributed by atoms with Gasteiger partial charge in [0.25, 0.3) is 5.91 Å². The molecule has 22 heavy (non-hydrogen) atoms. The first kappa shape index (κ1) is 16.7. The number of aromatic amines is 1. The van der Waals surface area contributed by atoms with E-state index in [1.54, 1.807) is 12.1 Å². The summed E-state index contributed by atoms with van der Waals surface area (Å²) in [6, 6.07) is 4.68. The molecule has 2 rings (SSSR count). The lowest BCUT2D eigenvalue weighted by molar-refractivity contribution is -0.0963.